The predicted octanol–water partition coefficient (Wildman–Crippen LogP) is 0.148. The second-order valence-corrected chi connectivity index (χ2v) is 0. The molecule has 0 rings (SSSR count). The molecule has 0 aromatic carbocycles. The van der Waals surface area contributed by atoms with E-state index in [4.69, 9.17) is 0 Å². The number of rotatable bonds is 0. The first kappa shape index (κ1) is 19.4. The summed E-state index contributed by atoms with van der Waals surface area (Å²) < 4.78 is 0. The van der Waals surface area contributed by atoms with Crippen molar-refractivity contribution in [1.82, 2.24) is 0 Å². The molecule has 0 amide bonds. The van der Waals surface area contributed by atoms with E-state index >= 15 is 0 Å². The van der Waals surface area contributed by atoms with Crippen molar-refractivity contribution in [3.8, 4) is 0 Å². The van der Waals surface area contributed by atoms with Gasteiger partial charge in [0.25, 0.3) is 0 Å². The van der Waals surface area contributed by atoms with Crippen molar-refractivity contribution >= 4 is 18.9 Å². The van der Waals surface area contributed by atoms with Crippen molar-refractivity contribution in [2.45, 2.75) is 0 Å². The van der Waals surface area contributed by atoms with Gasteiger partial charge >= 0.3 is 17.1 Å². The van der Waals surface area contributed by atoms with E-state index < -0.39 is 0 Å². The van der Waals surface area contributed by atoms with Crippen LogP contribution in [0.15, 0.2) is 0 Å². The minimum atomic E-state index is 0. The molecule has 0 aliphatic carbocycles. The average molecular weight is 97.5 g/mol. The second-order valence-electron chi connectivity index (χ2n) is 0. The minimum absolute atomic E-state index is 0. The summed E-state index contributed by atoms with van der Waals surface area (Å²) in [7, 11) is 0. The van der Waals surface area contributed by atoms with Crippen LogP contribution >= 0.6 is 0 Å². The summed E-state index contributed by atoms with van der Waals surface area (Å²) in [5.74, 6) is 0. The van der Waals surface area contributed by atoms with Gasteiger partial charge in [-0.05, 0) is 0 Å². The van der Waals surface area contributed by atoms with E-state index in [2.05, 4.69) is 13.8 Å². The summed E-state index contributed by atoms with van der Waals surface area (Å²) in [4.78, 5) is 0. The van der Waals surface area contributed by atoms with Crippen molar-refractivity contribution < 1.29 is 17.1 Å². The molecule has 0 aromatic rings. The number of hydrogen-bond acceptors (Lipinski definition) is 0. The third-order valence-electron chi connectivity index (χ3n) is 0. The topological polar surface area (TPSA) is 0 Å². The van der Waals surface area contributed by atoms with Gasteiger partial charge in [-0.25, -0.2) is 6.92 Å². The van der Waals surface area contributed by atoms with Crippen LogP contribution in [0.1, 0.15) is 0 Å². The van der Waals surface area contributed by atoms with Gasteiger partial charge < -0.3 is 6.92 Å². The van der Waals surface area contributed by atoms with Crippen molar-refractivity contribution in [3.05, 3.63) is 13.8 Å². The Morgan fingerprint density at radius 3 is 1.25 bits per heavy atom. The normalized spacial score (nSPS) is 1.50. The molecule has 2 heteroatoms. The Morgan fingerprint density at radius 1 is 1.25 bits per heavy atom. The van der Waals surface area contributed by atoms with Crippen LogP contribution in [0.5, 0.6) is 0 Å². The molecule has 0 spiro atoms. The van der Waals surface area contributed by atoms with Crippen LogP contribution in [-0.4, -0.2) is 18.9 Å². The van der Waals surface area contributed by atoms with Crippen molar-refractivity contribution in [1.29, 1.82) is 0 Å². The second kappa shape index (κ2) is 32.1. The Hall–Kier alpha value is 1.12. The monoisotopic (exact) mass is 97.0 g/mol. The molecule has 0 unspecified atom stereocenters. The third kappa shape index (κ3) is 11.2. The van der Waals surface area contributed by atoms with Gasteiger partial charge in [-0.2, -0.15) is 0 Å². The summed E-state index contributed by atoms with van der Waals surface area (Å²) in [5.41, 5.74) is 0. The van der Waals surface area contributed by atoms with E-state index in [-0.39, 0.29) is 35.9 Å². The first-order valence-electron chi connectivity index (χ1n) is 0.408. The predicted molar refractivity (Wildman–Crippen MR) is 15.4 cm³/mol. The Kier molecular flexibility index (Phi) is 155. The molecule has 0 aromatic heterocycles. The van der Waals surface area contributed by atoms with Crippen LogP contribution in [-0.2, 0) is 17.1 Å². The van der Waals surface area contributed by atoms with Gasteiger partial charge in [-0.3, -0.25) is 0 Å². The largest absolute Gasteiger partial charge is 1.00 e. The maximum absolute atomic E-state index is 4.25. The van der Waals surface area contributed by atoms with Gasteiger partial charge in [-0.1, -0.05) is 0 Å². The van der Waals surface area contributed by atoms with Crippen LogP contribution in [0.3, 0.4) is 0 Å². The first-order valence-corrected chi connectivity index (χ1v) is 0.408. The Bertz CT molecular complexity index is 6.00. The van der Waals surface area contributed by atoms with Crippen molar-refractivity contribution in [2.75, 3.05) is 0 Å². The van der Waals surface area contributed by atoms with Crippen LogP contribution in [0.2, 0.25) is 0 Å². The molecule has 3 radical (unpaired) electrons. The first-order chi connectivity index (χ1) is 1.00. The Morgan fingerprint density at radius 2 is 1.25 bits per heavy atom. The molecule has 4 heavy (non-hydrogen) atoms. The zero-order chi connectivity index (χ0) is 2.00. The van der Waals surface area contributed by atoms with Crippen LogP contribution in [0.4, 0.5) is 0 Å². The molecule has 23 valence electrons. The Labute approximate surface area is 50.0 Å². The van der Waals surface area contributed by atoms with E-state index in [1.54, 1.807) is 0 Å². The SMILES string of the molecule is [CH][CH2-].[Cu+].[Li]. The summed E-state index contributed by atoms with van der Waals surface area (Å²) in [6.07, 6.45) is 0. The minimum Gasteiger partial charge on any atom is -0.345 e. The maximum Gasteiger partial charge on any atom is 1.00 e. The van der Waals surface area contributed by atoms with Crippen LogP contribution in [0, 0.1) is 13.8 Å². The molecule has 0 saturated carbocycles. The summed E-state index contributed by atoms with van der Waals surface area (Å²) in [6, 6.07) is 0. The van der Waals surface area contributed by atoms with E-state index in [1.165, 1.54) is 0 Å². The van der Waals surface area contributed by atoms with Gasteiger partial charge in [0.1, 0.15) is 0 Å². The Balaban J connectivity index is -0.00000000500. The molecule has 0 atom stereocenters. The maximum atomic E-state index is 4.25. The van der Waals surface area contributed by atoms with E-state index in [9.17, 15) is 0 Å². The van der Waals surface area contributed by atoms with E-state index in [1.807, 2.05) is 0 Å². The van der Waals surface area contributed by atoms with E-state index in [0.717, 1.165) is 0 Å². The standard InChI is InChI=1S/C2H3.Cu.Li/c1-2;;/h1H,2H2;;/q-1;+1;. The average Bonchev–Trinajstić information content (AvgIpc) is 1.00. The summed E-state index contributed by atoms with van der Waals surface area (Å²) in [5, 5.41) is 0. The molecule has 0 heterocycles. The molecule has 0 saturated heterocycles. The molecule has 0 fully saturated rings. The van der Waals surface area contributed by atoms with Crippen molar-refractivity contribution in [2.24, 2.45) is 0 Å². The van der Waals surface area contributed by atoms with Gasteiger partial charge in [0, 0.05) is 18.9 Å². The smallest absolute Gasteiger partial charge is 0.345 e. The molecular weight excluding hydrogens is 94.5 g/mol. The molecule has 0 aliphatic heterocycles. The fourth-order valence-corrected chi connectivity index (χ4v) is 0. The van der Waals surface area contributed by atoms with Gasteiger partial charge in [0.2, 0.25) is 0 Å². The molecule has 0 N–H and O–H groups in total. The third-order valence-corrected chi connectivity index (χ3v) is 0. The van der Waals surface area contributed by atoms with E-state index in [0.29, 0.717) is 0 Å². The van der Waals surface area contributed by atoms with Crippen LogP contribution < -0.4 is 0 Å². The molecule has 0 bridgehead atoms. The zero-order valence-corrected chi connectivity index (χ0v) is 3.53. The zero-order valence-electron chi connectivity index (χ0n) is 2.59. The molecule has 0 aliphatic rings. The molecule has 0 nitrogen and oxygen atoms in total. The fourth-order valence-electron chi connectivity index (χ4n) is 0. The summed E-state index contributed by atoms with van der Waals surface area (Å²) >= 11 is 0. The number of hydrogen-bond donors (Lipinski definition) is 0. The van der Waals surface area contributed by atoms with Crippen LogP contribution in [0.25, 0.3) is 0 Å². The fraction of sp³-hybridized carbons (Fsp3) is 0. The van der Waals surface area contributed by atoms with Crippen molar-refractivity contribution in [3.63, 3.8) is 0 Å². The summed E-state index contributed by atoms with van der Waals surface area (Å²) in [6.45, 7) is 7.00. The van der Waals surface area contributed by atoms with Gasteiger partial charge in [0.15, 0.2) is 0 Å². The van der Waals surface area contributed by atoms with Gasteiger partial charge in [0.05, 0.1) is 0 Å². The molecular formula is C2H3CuLi. The quantitative estimate of drug-likeness (QED) is 0.298. The van der Waals surface area contributed by atoms with Gasteiger partial charge in [-0.15, -0.1) is 0 Å².